The summed E-state index contributed by atoms with van der Waals surface area (Å²) in [5.74, 6) is 1.62. The van der Waals surface area contributed by atoms with Gasteiger partial charge in [-0.3, -0.25) is 9.69 Å². The van der Waals surface area contributed by atoms with Crippen molar-refractivity contribution in [3.63, 3.8) is 0 Å². The van der Waals surface area contributed by atoms with Crippen LogP contribution in [0, 0.1) is 0 Å². The number of unbranched alkanes of at least 4 members (excludes halogenated alkanes) is 1. The number of anilines is 1. The molecule has 3 aromatic rings. The number of carbonyl (C=O) groups excluding carboxylic acids is 1. The lowest BCUT2D eigenvalue weighted by molar-refractivity contribution is 0.0963. The molecule has 0 bridgehead atoms. The Kier molecular flexibility index (Phi) is 6.35. The van der Waals surface area contributed by atoms with E-state index in [-0.39, 0.29) is 5.91 Å². The minimum Gasteiger partial charge on any atom is -0.486 e. The number of hydrogen-bond acceptors (Lipinski definition) is 6. The molecule has 2 aromatic carbocycles. The second-order valence-corrected chi connectivity index (χ2v) is 8.58. The minimum atomic E-state index is -0.0829. The van der Waals surface area contributed by atoms with Crippen LogP contribution in [-0.4, -0.2) is 73.3 Å². The van der Waals surface area contributed by atoms with E-state index >= 15 is 0 Å². The highest BCUT2D eigenvalue weighted by atomic mass is 16.6. The number of imidazole rings is 1. The molecule has 2 aliphatic heterocycles. The van der Waals surface area contributed by atoms with Crippen LogP contribution >= 0.6 is 0 Å². The molecule has 0 spiro atoms. The summed E-state index contributed by atoms with van der Waals surface area (Å²) in [4.78, 5) is 21.3. The number of benzene rings is 2. The van der Waals surface area contributed by atoms with Crippen LogP contribution in [0.3, 0.4) is 0 Å². The standard InChI is InChI=1S/C25H31N5O3/c1-26-25(31)19-4-6-22-21(16-19)27-18-30(22)9-3-2-8-28-10-12-29(13-11-28)20-5-7-23-24(17-20)33-15-14-32-23/h4-7,16-18H,2-3,8-15H2,1H3,(H,26,31). The van der Waals surface area contributed by atoms with Crippen LogP contribution in [-0.2, 0) is 6.54 Å². The highest BCUT2D eigenvalue weighted by molar-refractivity contribution is 5.97. The fourth-order valence-electron chi connectivity index (χ4n) is 4.60. The van der Waals surface area contributed by atoms with Crippen molar-refractivity contribution < 1.29 is 14.3 Å². The Morgan fingerprint density at radius 2 is 1.76 bits per heavy atom. The molecule has 0 saturated carbocycles. The lowest BCUT2D eigenvalue weighted by Gasteiger charge is -2.36. The normalized spacial score (nSPS) is 16.2. The number of nitrogens with zero attached hydrogens (tertiary/aromatic N) is 4. The Labute approximate surface area is 194 Å². The zero-order chi connectivity index (χ0) is 22.6. The molecule has 3 heterocycles. The SMILES string of the molecule is CNC(=O)c1ccc2c(c1)ncn2CCCCN1CCN(c2ccc3c(c2)OCCO3)CC1. The summed E-state index contributed by atoms with van der Waals surface area (Å²) in [6.45, 7) is 7.50. The number of aryl methyl sites for hydroxylation is 1. The Hall–Kier alpha value is -3.26. The van der Waals surface area contributed by atoms with Gasteiger partial charge in [0.25, 0.3) is 5.91 Å². The zero-order valence-electron chi connectivity index (χ0n) is 19.1. The van der Waals surface area contributed by atoms with Gasteiger partial charge in [-0.15, -0.1) is 0 Å². The maximum Gasteiger partial charge on any atom is 0.251 e. The molecule has 174 valence electrons. The molecule has 1 N–H and O–H groups in total. The quantitative estimate of drug-likeness (QED) is 0.560. The topological polar surface area (TPSA) is 71.9 Å². The number of aromatic nitrogens is 2. The van der Waals surface area contributed by atoms with Crippen molar-refractivity contribution in [1.29, 1.82) is 0 Å². The second kappa shape index (κ2) is 9.70. The second-order valence-electron chi connectivity index (χ2n) is 8.58. The van der Waals surface area contributed by atoms with Gasteiger partial charge in [-0.1, -0.05) is 0 Å². The Balaban J connectivity index is 1.07. The van der Waals surface area contributed by atoms with Gasteiger partial charge in [-0.2, -0.15) is 0 Å². The largest absolute Gasteiger partial charge is 0.486 e. The third-order valence-electron chi connectivity index (χ3n) is 6.50. The van der Waals surface area contributed by atoms with Gasteiger partial charge in [0.05, 0.1) is 17.4 Å². The molecule has 2 aliphatic rings. The van der Waals surface area contributed by atoms with Gasteiger partial charge in [0.1, 0.15) is 13.2 Å². The third-order valence-corrected chi connectivity index (χ3v) is 6.50. The van der Waals surface area contributed by atoms with Gasteiger partial charge in [0.15, 0.2) is 11.5 Å². The van der Waals surface area contributed by atoms with Crippen LogP contribution < -0.4 is 19.7 Å². The van der Waals surface area contributed by atoms with Gasteiger partial charge in [-0.05, 0) is 49.7 Å². The Bertz CT molecular complexity index is 1120. The van der Waals surface area contributed by atoms with Crippen LogP contribution in [0.4, 0.5) is 5.69 Å². The van der Waals surface area contributed by atoms with Crippen molar-refractivity contribution in [3.05, 3.63) is 48.3 Å². The van der Waals surface area contributed by atoms with Crippen molar-refractivity contribution in [1.82, 2.24) is 19.8 Å². The first-order chi connectivity index (χ1) is 16.2. The van der Waals surface area contributed by atoms with Gasteiger partial charge in [0, 0.05) is 57.1 Å². The molecule has 8 heteroatoms. The van der Waals surface area contributed by atoms with Gasteiger partial charge >= 0.3 is 0 Å². The lowest BCUT2D eigenvalue weighted by atomic mass is 10.2. The summed E-state index contributed by atoms with van der Waals surface area (Å²) >= 11 is 0. The number of hydrogen-bond donors (Lipinski definition) is 1. The van der Waals surface area contributed by atoms with Crippen molar-refractivity contribution in [2.75, 3.05) is 57.9 Å². The summed E-state index contributed by atoms with van der Waals surface area (Å²) in [6.07, 6.45) is 4.13. The zero-order valence-corrected chi connectivity index (χ0v) is 19.1. The van der Waals surface area contributed by atoms with E-state index in [1.165, 1.54) is 5.69 Å². The molecule has 0 aliphatic carbocycles. The summed E-state index contributed by atoms with van der Waals surface area (Å²) in [5, 5.41) is 2.66. The van der Waals surface area contributed by atoms with E-state index in [1.54, 1.807) is 7.05 Å². The Morgan fingerprint density at radius 3 is 2.58 bits per heavy atom. The first kappa shape index (κ1) is 21.6. The van der Waals surface area contributed by atoms with Crippen LogP contribution in [0.25, 0.3) is 11.0 Å². The molecule has 0 atom stereocenters. The van der Waals surface area contributed by atoms with E-state index < -0.39 is 0 Å². The average molecular weight is 450 g/mol. The van der Waals surface area contributed by atoms with Crippen LogP contribution in [0.15, 0.2) is 42.7 Å². The molecular formula is C25H31N5O3. The molecular weight excluding hydrogens is 418 g/mol. The van der Waals surface area contributed by atoms with Crippen molar-refractivity contribution in [3.8, 4) is 11.5 Å². The summed E-state index contributed by atoms with van der Waals surface area (Å²) in [7, 11) is 1.64. The molecule has 33 heavy (non-hydrogen) atoms. The number of carbonyl (C=O) groups is 1. The molecule has 8 nitrogen and oxygen atoms in total. The summed E-state index contributed by atoms with van der Waals surface area (Å²) in [5.41, 5.74) is 3.80. The van der Waals surface area contributed by atoms with Crippen molar-refractivity contribution in [2.45, 2.75) is 19.4 Å². The smallest absolute Gasteiger partial charge is 0.251 e. The predicted molar refractivity (Wildman–Crippen MR) is 128 cm³/mol. The highest BCUT2D eigenvalue weighted by Crippen LogP contribution is 2.34. The van der Waals surface area contributed by atoms with Gasteiger partial charge < -0.3 is 24.3 Å². The van der Waals surface area contributed by atoms with E-state index in [0.29, 0.717) is 18.8 Å². The highest BCUT2D eigenvalue weighted by Gasteiger charge is 2.19. The average Bonchev–Trinajstić information content (AvgIpc) is 3.28. The first-order valence-electron chi connectivity index (χ1n) is 11.8. The predicted octanol–water partition coefficient (Wildman–Crippen LogP) is 2.77. The molecule has 1 saturated heterocycles. The van der Waals surface area contributed by atoms with E-state index in [2.05, 4.69) is 36.8 Å². The summed E-state index contributed by atoms with van der Waals surface area (Å²) < 4.78 is 13.6. The van der Waals surface area contributed by atoms with Crippen molar-refractivity contribution in [2.24, 2.45) is 0 Å². The van der Waals surface area contributed by atoms with E-state index in [0.717, 1.165) is 74.6 Å². The number of nitrogens with one attached hydrogen (secondary N) is 1. The number of piperazine rings is 1. The molecule has 5 rings (SSSR count). The minimum absolute atomic E-state index is 0.0829. The Morgan fingerprint density at radius 1 is 0.970 bits per heavy atom. The van der Waals surface area contributed by atoms with E-state index in [4.69, 9.17) is 9.47 Å². The third kappa shape index (κ3) is 4.75. The van der Waals surface area contributed by atoms with Crippen LogP contribution in [0.5, 0.6) is 11.5 Å². The number of amides is 1. The maximum absolute atomic E-state index is 11.8. The molecule has 0 unspecified atom stereocenters. The van der Waals surface area contributed by atoms with E-state index in [1.807, 2.05) is 30.6 Å². The fraction of sp³-hybridized carbons (Fsp3) is 0.440. The fourth-order valence-corrected chi connectivity index (χ4v) is 4.60. The number of ether oxygens (including phenoxy) is 2. The first-order valence-corrected chi connectivity index (χ1v) is 11.8. The van der Waals surface area contributed by atoms with Gasteiger partial charge in [-0.25, -0.2) is 4.98 Å². The van der Waals surface area contributed by atoms with Crippen LogP contribution in [0.1, 0.15) is 23.2 Å². The molecule has 0 radical (unpaired) electrons. The summed E-state index contributed by atoms with van der Waals surface area (Å²) in [6, 6.07) is 12.0. The molecule has 1 fully saturated rings. The van der Waals surface area contributed by atoms with E-state index in [9.17, 15) is 4.79 Å². The van der Waals surface area contributed by atoms with Crippen LogP contribution in [0.2, 0.25) is 0 Å². The van der Waals surface area contributed by atoms with Crippen molar-refractivity contribution >= 4 is 22.6 Å². The maximum atomic E-state index is 11.8. The number of fused-ring (bicyclic) bond motifs is 2. The molecule has 1 aromatic heterocycles. The molecule has 1 amide bonds. The monoisotopic (exact) mass is 449 g/mol. The lowest BCUT2D eigenvalue weighted by Crippen LogP contribution is -2.46. The van der Waals surface area contributed by atoms with Gasteiger partial charge in [0.2, 0.25) is 0 Å². The number of rotatable bonds is 7.